The molecule has 0 aliphatic heterocycles. The molecule has 0 saturated carbocycles. The molecule has 2 aromatic carbocycles. The number of ether oxygens (including phenoxy) is 1. The van der Waals surface area contributed by atoms with Crippen LogP contribution in [0, 0.1) is 0 Å². The summed E-state index contributed by atoms with van der Waals surface area (Å²) < 4.78 is 5.18. The highest BCUT2D eigenvalue weighted by Gasteiger charge is 2.14. The number of nitrogens with zero attached hydrogens (tertiary/aromatic N) is 3. The van der Waals surface area contributed by atoms with Gasteiger partial charge < -0.3 is 15.8 Å². The molecule has 1 atom stereocenters. The number of benzene rings is 2. The van der Waals surface area contributed by atoms with Crippen molar-refractivity contribution in [3.05, 3.63) is 71.4 Å². The van der Waals surface area contributed by atoms with Gasteiger partial charge in [-0.05, 0) is 17.7 Å². The van der Waals surface area contributed by atoms with E-state index in [0.29, 0.717) is 5.82 Å². The second-order valence-electron chi connectivity index (χ2n) is 5.73. The molecule has 1 unspecified atom stereocenters. The van der Waals surface area contributed by atoms with Crippen molar-refractivity contribution in [2.75, 3.05) is 12.4 Å². The average Bonchev–Trinajstić information content (AvgIpc) is 3.16. The van der Waals surface area contributed by atoms with Crippen molar-refractivity contribution >= 4 is 33.1 Å². The van der Waals surface area contributed by atoms with E-state index in [1.165, 1.54) is 11.3 Å². The van der Waals surface area contributed by atoms with E-state index in [9.17, 15) is 0 Å². The zero-order valence-corrected chi connectivity index (χ0v) is 14.9. The lowest BCUT2D eigenvalue weighted by atomic mass is 10.1. The summed E-state index contributed by atoms with van der Waals surface area (Å²) in [5, 5.41) is 16.2. The van der Waals surface area contributed by atoms with Crippen molar-refractivity contribution in [3.63, 3.8) is 0 Å². The van der Waals surface area contributed by atoms with E-state index in [-0.39, 0.29) is 6.04 Å². The number of rotatable bonds is 5. The maximum absolute atomic E-state index is 6.35. The molecule has 130 valence electrons. The molecule has 0 aliphatic rings. The van der Waals surface area contributed by atoms with Gasteiger partial charge in [0.15, 0.2) is 10.9 Å². The Kier molecular flexibility index (Phi) is 4.47. The minimum absolute atomic E-state index is 0.300. The quantitative estimate of drug-likeness (QED) is 0.559. The normalized spacial score (nSPS) is 12.1. The van der Waals surface area contributed by atoms with Crippen LogP contribution < -0.4 is 15.8 Å². The standard InChI is InChI=1S/C19H17N5OS/c1-25-14-8-6-12(7-9-14)17(20)16-11-26-19(22-16)23-18-15-5-3-2-4-13(15)10-21-24-18/h2-11,17H,20H2,1H3,(H,22,23,24). The van der Waals surface area contributed by atoms with Crippen molar-refractivity contribution in [1.29, 1.82) is 0 Å². The molecule has 7 heteroatoms. The zero-order chi connectivity index (χ0) is 17.9. The molecule has 26 heavy (non-hydrogen) atoms. The van der Waals surface area contributed by atoms with Gasteiger partial charge in [0.25, 0.3) is 0 Å². The number of thiazole rings is 1. The first kappa shape index (κ1) is 16.4. The van der Waals surface area contributed by atoms with Crippen LogP contribution in [0.15, 0.2) is 60.1 Å². The maximum Gasteiger partial charge on any atom is 0.188 e. The van der Waals surface area contributed by atoms with Gasteiger partial charge in [0.2, 0.25) is 0 Å². The first-order valence-corrected chi connectivity index (χ1v) is 8.95. The maximum atomic E-state index is 6.35. The third kappa shape index (κ3) is 3.22. The molecular weight excluding hydrogens is 346 g/mol. The molecule has 0 bridgehead atoms. The number of hydrogen-bond acceptors (Lipinski definition) is 7. The molecule has 0 fully saturated rings. The van der Waals surface area contributed by atoms with Crippen LogP contribution >= 0.6 is 11.3 Å². The summed E-state index contributed by atoms with van der Waals surface area (Å²) in [7, 11) is 1.64. The fourth-order valence-electron chi connectivity index (χ4n) is 2.69. The first-order chi connectivity index (χ1) is 12.7. The molecule has 4 aromatic rings. The number of nitrogens with one attached hydrogen (secondary N) is 1. The molecule has 0 saturated heterocycles. The van der Waals surface area contributed by atoms with E-state index in [2.05, 4.69) is 20.5 Å². The lowest BCUT2D eigenvalue weighted by molar-refractivity contribution is 0.414. The summed E-state index contributed by atoms with van der Waals surface area (Å²) in [6.45, 7) is 0. The SMILES string of the molecule is COc1ccc(C(N)c2csc(Nc3nncc4ccccc34)n2)cc1. The summed E-state index contributed by atoms with van der Waals surface area (Å²) in [4.78, 5) is 4.61. The Labute approximate surface area is 154 Å². The Morgan fingerprint density at radius 1 is 1.12 bits per heavy atom. The molecule has 2 aromatic heterocycles. The van der Waals surface area contributed by atoms with E-state index < -0.39 is 0 Å². The van der Waals surface area contributed by atoms with Crippen molar-refractivity contribution in [2.45, 2.75) is 6.04 Å². The average molecular weight is 363 g/mol. The number of methoxy groups -OCH3 is 1. The highest BCUT2D eigenvalue weighted by molar-refractivity contribution is 7.13. The van der Waals surface area contributed by atoms with Crippen LogP contribution in [0.2, 0.25) is 0 Å². The highest BCUT2D eigenvalue weighted by Crippen LogP contribution is 2.28. The summed E-state index contributed by atoms with van der Waals surface area (Å²) in [6, 6.07) is 15.3. The number of aromatic nitrogens is 3. The first-order valence-electron chi connectivity index (χ1n) is 8.07. The molecule has 0 amide bonds. The van der Waals surface area contributed by atoms with Crippen LogP contribution in [0.1, 0.15) is 17.3 Å². The summed E-state index contributed by atoms with van der Waals surface area (Å²) in [6.07, 6.45) is 1.74. The Morgan fingerprint density at radius 3 is 2.73 bits per heavy atom. The second-order valence-corrected chi connectivity index (χ2v) is 6.59. The van der Waals surface area contributed by atoms with Crippen LogP contribution in [-0.2, 0) is 0 Å². The molecular formula is C19H17N5OS. The Morgan fingerprint density at radius 2 is 1.92 bits per heavy atom. The van der Waals surface area contributed by atoms with Crippen molar-refractivity contribution < 1.29 is 4.74 Å². The van der Waals surface area contributed by atoms with Gasteiger partial charge in [0.05, 0.1) is 25.0 Å². The van der Waals surface area contributed by atoms with Gasteiger partial charge in [-0.1, -0.05) is 36.4 Å². The fraction of sp³-hybridized carbons (Fsp3) is 0.105. The minimum Gasteiger partial charge on any atom is -0.497 e. The summed E-state index contributed by atoms with van der Waals surface area (Å²) in [5.74, 6) is 1.48. The van der Waals surface area contributed by atoms with Gasteiger partial charge >= 0.3 is 0 Å². The molecule has 0 aliphatic carbocycles. The Balaban J connectivity index is 1.57. The Hall–Kier alpha value is -3.03. The fourth-order valence-corrected chi connectivity index (χ4v) is 3.44. The van der Waals surface area contributed by atoms with Crippen molar-refractivity contribution in [1.82, 2.24) is 15.2 Å². The predicted molar refractivity (Wildman–Crippen MR) is 104 cm³/mol. The van der Waals surface area contributed by atoms with E-state index >= 15 is 0 Å². The van der Waals surface area contributed by atoms with Crippen LogP contribution in [0.3, 0.4) is 0 Å². The van der Waals surface area contributed by atoms with E-state index in [0.717, 1.165) is 32.9 Å². The zero-order valence-electron chi connectivity index (χ0n) is 14.1. The van der Waals surface area contributed by atoms with Crippen LogP contribution in [0.5, 0.6) is 5.75 Å². The largest absolute Gasteiger partial charge is 0.497 e. The van der Waals surface area contributed by atoms with Crippen LogP contribution in [0.25, 0.3) is 10.8 Å². The lowest BCUT2D eigenvalue weighted by Crippen LogP contribution is -2.12. The van der Waals surface area contributed by atoms with Crippen molar-refractivity contribution in [2.24, 2.45) is 5.73 Å². The molecule has 6 nitrogen and oxygen atoms in total. The van der Waals surface area contributed by atoms with Crippen LogP contribution in [0.4, 0.5) is 10.9 Å². The number of hydrogen-bond donors (Lipinski definition) is 2. The van der Waals surface area contributed by atoms with Gasteiger partial charge in [-0.25, -0.2) is 4.98 Å². The van der Waals surface area contributed by atoms with Gasteiger partial charge in [-0.3, -0.25) is 0 Å². The number of fused-ring (bicyclic) bond motifs is 1. The number of anilines is 2. The van der Waals surface area contributed by atoms with E-state index in [4.69, 9.17) is 10.5 Å². The molecule has 3 N–H and O–H groups in total. The molecule has 0 radical (unpaired) electrons. The number of nitrogens with two attached hydrogens (primary N) is 1. The molecule has 4 rings (SSSR count). The third-order valence-electron chi connectivity index (χ3n) is 4.11. The van der Waals surface area contributed by atoms with Crippen LogP contribution in [-0.4, -0.2) is 22.3 Å². The third-order valence-corrected chi connectivity index (χ3v) is 4.89. The lowest BCUT2D eigenvalue weighted by Gasteiger charge is -2.10. The Bertz CT molecular complexity index is 1030. The minimum atomic E-state index is -0.300. The summed E-state index contributed by atoms with van der Waals surface area (Å²) in [5.41, 5.74) is 8.13. The topological polar surface area (TPSA) is 86.0 Å². The summed E-state index contributed by atoms with van der Waals surface area (Å²) >= 11 is 1.49. The van der Waals surface area contributed by atoms with E-state index in [1.807, 2.05) is 53.9 Å². The van der Waals surface area contributed by atoms with Gasteiger partial charge in [0, 0.05) is 16.2 Å². The monoisotopic (exact) mass is 363 g/mol. The van der Waals surface area contributed by atoms with E-state index in [1.54, 1.807) is 13.3 Å². The highest BCUT2D eigenvalue weighted by atomic mass is 32.1. The van der Waals surface area contributed by atoms with Gasteiger partial charge in [-0.2, -0.15) is 5.10 Å². The predicted octanol–water partition coefficient (Wildman–Crippen LogP) is 3.89. The second kappa shape index (κ2) is 7.07. The molecule has 0 spiro atoms. The smallest absolute Gasteiger partial charge is 0.188 e. The van der Waals surface area contributed by atoms with Gasteiger partial charge in [-0.15, -0.1) is 16.4 Å². The molecule has 2 heterocycles. The van der Waals surface area contributed by atoms with Gasteiger partial charge in [0.1, 0.15) is 5.75 Å². The van der Waals surface area contributed by atoms with Crippen molar-refractivity contribution in [3.8, 4) is 5.75 Å².